The number of nitrogens with two attached hydrogens (primary N) is 1. The van der Waals surface area contributed by atoms with Crippen molar-refractivity contribution in [3.05, 3.63) is 60.2 Å². The van der Waals surface area contributed by atoms with Crippen molar-refractivity contribution in [3.63, 3.8) is 0 Å². The smallest absolute Gasteiger partial charge is 0.240 e. The number of hydrogen-bond acceptors (Lipinski definition) is 4. The number of aliphatic hydroxyl groups excluding tert-OH is 1. The normalized spacial score (nSPS) is 20.5. The van der Waals surface area contributed by atoms with Gasteiger partial charge in [0.25, 0.3) is 0 Å². The second-order valence-corrected chi connectivity index (χ2v) is 6.58. The number of benzene rings is 2. The molecule has 2 unspecified atom stereocenters. The molecule has 1 aliphatic heterocycles. The standard InChI is InChI=1S/C20H23N3O3/c21-19(25)17(23-20(26)18-11-16(24)12-22-18)10-13-6-8-15(9-7-13)14-4-2-1-3-5-14/h1-9,16-18,22,24H,10-12H2,(H2,21,25)(H,23,26)/t16?,17-,18?/m1/s1. The fraction of sp³-hybridized carbons (Fsp3) is 0.300. The summed E-state index contributed by atoms with van der Waals surface area (Å²) in [6.07, 6.45) is 0.123. The Hall–Kier alpha value is -2.70. The molecule has 0 spiro atoms. The van der Waals surface area contributed by atoms with E-state index in [0.717, 1.165) is 16.7 Å². The van der Waals surface area contributed by atoms with Gasteiger partial charge in [-0.2, -0.15) is 0 Å². The molecule has 0 saturated carbocycles. The largest absolute Gasteiger partial charge is 0.392 e. The molecule has 1 saturated heterocycles. The number of carbonyl (C=O) groups excluding carboxylic acids is 2. The molecule has 0 radical (unpaired) electrons. The van der Waals surface area contributed by atoms with Crippen LogP contribution in [0.2, 0.25) is 0 Å². The molecule has 2 amide bonds. The third-order valence-corrected chi connectivity index (χ3v) is 4.58. The zero-order valence-corrected chi connectivity index (χ0v) is 14.4. The minimum absolute atomic E-state index is 0.314. The van der Waals surface area contributed by atoms with E-state index in [4.69, 9.17) is 5.73 Å². The minimum Gasteiger partial charge on any atom is -0.392 e. The molecular weight excluding hydrogens is 330 g/mol. The molecule has 2 aromatic carbocycles. The summed E-state index contributed by atoms with van der Waals surface area (Å²) in [5.74, 6) is -0.893. The highest BCUT2D eigenvalue weighted by atomic mass is 16.3. The number of hydrogen-bond donors (Lipinski definition) is 4. The van der Waals surface area contributed by atoms with Gasteiger partial charge < -0.3 is 21.5 Å². The maximum atomic E-state index is 12.2. The van der Waals surface area contributed by atoms with E-state index in [9.17, 15) is 14.7 Å². The van der Waals surface area contributed by atoms with Crippen molar-refractivity contribution in [3.8, 4) is 11.1 Å². The molecule has 26 heavy (non-hydrogen) atoms. The quantitative estimate of drug-likeness (QED) is 0.610. The Morgan fingerprint density at radius 2 is 1.77 bits per heavy atom. The van der Waals surface area contributed by atoms with E-state index in [1.54, 1.807) is 0 Å². The molecule has 0 aliphatic carbocycles. The molecular formula is C20H23N3O3. The topological polar surface area (TPSA) is 104 Å². The summed E-state index contributed by atoms with van der Waals surface area (Å²) in [5.41, 5.74) is 8.56. The monoisotopic (exact) mass is 353 g/mol. The first kappa shape index (κ1) is 18.1. The van der Waals surface area contributed by atoms with Gasteiger partial charge in [-0.1, -0.05) is 54.6 Å². The van der Waals surface area contributed by atoms with Gasteiger partial charge in [-0.3, -0.25) is 9.59 Å². The van der Waals surface area contributed by atoms with Crippen molar-refractivity contribution in [2.45, 2.75) is 31.0 Å². The first-order valence-electron chi connectivity index (χ1n) is 8.68. The average Bonchev–Trinajstić information content (AvgIpc) is 3.09. The first-order valence-corrected chi connectivity index (χ1v) is 8.68. The Morgan fingerprint density at radius 1 is 1.12 bits per heavy atom. The van der Waals surface area contributed by atoms with Crippen molar-refractivity contribution in [2.75, 3.05) is 6.54 Å². The van der Waals surface area contributed by atoms with Crippen LogP contribution in [0.15, 0.2) is 54.6 Å². The van der Waals surface area contributed by atoms with Gasteiger partial charge in [0.2, 0.25) is 11.8 Å². The molecule has 6 nitrogen and oxygen atoms in total. The van der Waals surface area contributed by atoms with Crippen molar-refractivity contribution in [2.24, 2.45) is 5.73 Å². The van der Waals surface area contributed by atoms with Gasteiger partial charge in [0.15, 0.2) is 0 Å². The fourth-order valence-corrected chi connectivity index (χ4v) is 3.11. The summed E-state index contributed by atoms with van der Waals surface area (Å²) in [5, 5.41) is 15.1. The van der Waals surface area contributed by atoms with Crippen LogP contribution < -0.4 is 16.4 Å². The Kier molecular flexibility index (Phi) is 5.65. The van der Waals surface area contributed by atoms with Gasteiger partial charge in [0.05, 0.1) is 12.1 Å². The lowest BCUT2D eigenvalue weighted by atomic mass is 10.00. The van der Waals surface area contributed by atoms with Crippen LogP contribution in [0, 0.1) is 0 Å². The van der Waals surface area contributed by atoms with E-state index < -0.39 is 24.1 Å². The lowest BCUT2D eigenvalue weighted by Gasteiger charge is -2.18. The van der Waals surface area contributed by atoms with E-state index >= 15 is 0 Å². The van der Waals surface area contributed by atoms with E-state index in [1.807, 2.05) is 54.6 Å². The lowest BCUT2D eigenvalue weighted by Crippen LogP contribution is -2.51. The summed E-state index contributed by atoms with van der Waals surface area (Å²) in [4.78, 5) is 24.0. The molecule has 1 aliphatic rings. The second-order valence-electron chi connectivity index (χ2n) is 6.58. The molecule has 136 valence electrons. The zero-order valence-electron chi connectivity index (χ0n) is 14.4. The Balaban J connectivity index is 1.64. The van der Waals surface area contributed by atoms with E-state index in [1.165, 1.54) is 0 Å². The van der Waals surface area contributed by atoms with E-state index in [0.29, 0.717) is 19.4 Å². The predicted molar refractivity (Wildman–Crippen MR) is 99.1 cm³/mol. The van der Waals surface area contributed by atoms with Crippen LogP contribution in [0.1, 0.15) is 12.0 Å². The van der Waals surface area contributed by atoms with Crippen LogP contribution in [0.3, 0.4) is 0 Å². The average molecular weight is 353 g/mol. The number of aliphatic hydroxyl groups is 1. The fourth-order valence-electron chi connectivity index (χ4n) is 3.11. The van der Waals surface area contributed by atoms with Crippen LogP contribution in [-0.4, -0.2) is 41.7 Å². The number of primary amides is 1. The van der Waals surface area contributed by atoms with Crippen LogP contribution in [0.5, 0.6) is 0 Å². The van der Waals surface area contributed by atoms with Gasteiger partial charge in [-0.25, -0.2) is 0 Å². The highest BCUT2D eigenvalue weighted by Gasteiger charge is 2.30. The summed E-state index contributed by atoms with van der Waals surface area (Å²) in [6, 6.07) is 16.6. The molecule has 1 heterocycles. The molecule has 2 aromatic rings. The van der Waals surface area contributed by atoms with Gasteiger partial charge >= 0.3 is 0 Å². The third-order valence-electron chi connectivity index (χ3n) is 4.58. The lowest BCUT2D eigenvalue weighted by molar-refractivity contribution is -0.128. The molecule has 0 bridgehead atoms. The zero-order chi connectivity index (χ0) is 18.5. The van der Waals surface area contributed by atoms with Gasteiger partial charge in [-0.15, -0.1) is 0 Å². The highest BCUT2D eigenvalue weighted by Crippen LogP contribution is 2.19. The van der Waals surface area contributed by atoms with Gasteiger partial charge in [0.1, 0.15) is 6.04 Å². The van der Waals surface area contributed by atoms with Gasteiger partial charge in [0, 0.05) is 13.0 Å². The highest BCUT2D eigenvalue weighted by molar-refractivity contribution is 5.89. The number of rotatable bonds is 6. The second kappa shape index (κ2) is 8.12. The van der Waals surface area contributed by atoms with Crippen LogP contribution in [0.4, 0.5) is 0 Å². The van der Waals surface area contributed by atoms with Crippen molar-refractivity contribution in [1.29, 1.82) is 0 Å². The number of β-amino-alcohol motifs (C(OH)–C–C–N with tert-alkyl or cyclic N) is 1. The first-order chi connectivity index (χ1) is 12.5. The van der Waals surface area contributed by atoms with Gasteiger partial charge in [-0.05, 0) is 23.1 Å². The number of carbonyl (C=O) groups is 2. The molecule has 6 heteroatoms. The SMILES string of the molecule is NC(=O)[C@@H](Cc1ccc(-c2ccccc2)cc1)NC(=O)C1CC(O)CN1. The number of amides is 2. The van der Waals surface area contributed by atoms with Crippen molar-refractivity contribution < 1.29 is 14.7 Å². The Morgan fingerprint density at radius 3 is 2.35 bits per heavy atom. The predicted octanol–water partition coefficient (Wildman–Crippen LogP) is 0.589. The maximum absolute atomic E-state index is 12.2. The van der Waals surface area contributed by atoms with Crippen LogP contribution in [0.25, 0.3) is 11.1 Å². The Labute approximate surface area is 152 Å². The molecule has 1 fully saturated rings. The number of nitrogens with one attached hydrogen (secondary N) is 2. The third kappa shape index (κ3) is 4.47. The molecule has 0 aromatic heterocycles. The summed E-state index contributed by atoms with van der Waals surface area (Å²) in [7, 11) is 0. The van der Waals surface area contributed by atoms with Crippen LogP contribution >= 0.6 is 0 Å². The summed E-state index contributed by atoms with van der Waals surface area (Å²) >= 11 is 0. The molecule has 3 rings (SSSR count). The van der Waals surface area contributed by atoms with E-state index in [2.05, 4.69) is 10.6 Å². The molecule has 5 N–H and O–H groups in total. The maximum Gasteiger partial charge on any atom is 0.240 e. The van der Waals surface area contributed by atoms with Crippen LogP contribution in [-0.2, 0) is 16.0 Å². The summed E-state index contributed by atoms with van der Waals surface area (Å²) in [6.45, 7) is 0.375. The Bertz CT molecular complexity index is 762. The minimum atomic E-state index is -0.787. The summed E-state index contributed by atoms with van der Waals surface area (Å²) < 4.78 is 0. The van der Waals surface area contributed by atoms with E-state index in [-0.39, 0.29) is 5.91 Å². The molecule has 3 atom stereocenters. The van der Waals surface area contributed by atoms with Crippen molar-refractivity contribution >= 4 is 11.8 Å². The van der Waals surface area contributed by atoms with Crippen molar-refractivity contribution in [1.82, 2.24) is 10.6 Å².